The topological polar surface area (TPSA) is 72.7 Å². The second-order valence-electron chi connectivity index (χ2n) is 5.53. The number of furan rings is 1. The van der Waals surface area contributed by atoms with Crippen molar-refractivity contribution in [2.24, 2.45) is 0 Å². The first-order valence-corrected chi connectivity index (χ1v) is 8.09. The van der Waals surface area contributed by atoms with E-state index in [1.165, 1.54) is 7.11 Å². The highest BCUT2D eigenvalue weighted by atomic mass is 16.5. The molecule has 0 atom stereocenters. The van der Waals surface area contributed by atoms with Crippen molar-refractivity contribution in [3.8, 4) is 11.5 Å². The molecule has 6 nitrogen and oxygen atoms in total. The van der Waals surface area contributed by atoms with E-state index in [0.717, 1.165) is 11.4 Å². The Morgan fingerprint density at radius 1 is 0.962 bits per heavy atom. The number of anilines is 2. The van der Waals surface area contributed by atoms with Gasteiger partial charge in [-0.25, -0.2) is 0 Å². The molecule has 0 unspecified atom stereocenters. The van der Waals surface area contributed by atoms with E-state index in [9.17, 15) is 4.79 Å². The average Bonchev–Trinajstić information content (AvgIpc) is 3.20. The standard InChI is InChI=1S/C20H20N2O4/c1-24-18-10-5-14(12-19(18)25-2)20(23)22-16-8-6-15(7-9-16)21-13-17-4-3-11-26-17/h3-12,21H,13H2,1-2H3,(H,22,23). The molecule has 1 aromatic heterocycles. The molecule has 1 amide bonds. The molecular formula is C20H20N2O4. The van der Waals surface area contributed by atoms with E-state index in [0.29, 0.717) is 29.3 Å². The van der Waals surface area contributed by atoms with Gasteiger partial charge in [-0.2, -0.15) is 0 Å². The van der Waals surface area contributed by atoms with E-state index in [4.69, 9.17) is 13.9 Å². The quantitative estimate of drug-likeness (QED) is 0.668. The molecule has 6 heteroatoms. The predicted molar refractivity (Wildman–Crippen MR) is 100.0 cm³/mol. The van der Waals surface area contributed by atoms with Crippen LogP contribution in [-0.2, 0) is 6.54 Å². The summed E-state index contributed by atoms with van der Waals surface area (Å²) < 4.78 is 15.7. The number of carbonyl (C=O) groups is 1. The van der Waals surface area contributed by atoms with Crippen LogP contribution in [0, 0.1) is 0 Å². The van der Waals surface area contributed by atoms with Crippen LogP contribution in [0.3, 0.4) is 0 Å². The monoisotopic (exact) mass is 352 g/mol. The van der Waals surface area contributed by atoms with Gasteiger partial charge in [0.2, 0.25) is 0 Å². The number of ether oxygens (including phenoxy) is 2. The molecule has 0 fully saturated rings. The average molecular weight is 352 g/mol. The normalized spacial score (nSPS) is 10.2. The molecule has 0 aliphatic carbocycles. The van der Waals surface area contributed by atoms with Crippen molar-refractivity contribution < 1.29 is 18.7 Å². The van der Waals surface area contributed by atoms with Crippen LogP contribution in [0.4, 0.5) is 11.4 Å². The molecule has 0 saturated carbocycles. The Labute approximate surface area is 151 Å². The number of methoxy groups -OCH3 is 2. The van der Waals surface area contributed by atoms with Crippen molar-refractivity contribution in [2.45, 2.75) is 6.54 Å². The molecule has 134 valence electrons. The molecule has 0 radical (unpaired) electrons. The number of hydrogen-bond acceptors (Lipinski definition) is 5. The van der Waals surface area contributed by atoms with E-state index in [-0.39, 0.29) is 5.91 Å². The van der Waals surface area contributed by atoms with Gasteiger partial charge in [0.1, 0.15) is 5.76 Å². The molecule has 0 aliphatic rings. The Morgan fingerprint density at radius 3 is 2.35 bits per heavy atom. The van der Waals surface area contributed by atoms with Crippen molar-refractivity contribution >= 4 is 17.3 Å². The van der Waals surface area contributed by atoms with Gasteiger partial charge in [0.25, 0.3) is 5.91 Å². The molecule has 3 aromatic rings. The lowest BCUT2D eigenvalue weighted by molar-refractivity contribution is 0.102. The summed E-state index contributed by atoms with van der Waals surface area (Å²) in [6, 6.07) is 16.3. The van der Waals surface area contributed by atoms with Crippen molar-refractivity contribution in [1.29, 1.82) is 0 Å². The number of amides is 1. The van der Waals surface area contributed by atoms with Crippen LogP contribution in [0.1, 0.15) is 16.1 Å². The van der Waals surface area contributed by atoms with Crippen LogP contribution in [0.15, 0.2) is 65.3 Å². The SMILES string of the molecule is COc1ccc(C(=O)Nc2ccc(NCc3ccco3)cc2)cc1OC. The largest absolute Gasteiger partial charge is 0.493 e. The van der Waals surface area contributed by atoms with E-state index < -0.39 is 0 Å². The molecule has 0 aliphatic heterocycles. The maximum atomic E-state index is 12.4. The van der Waals surface area contributed by atoms with Gasteiger partial charge in [0, 0.05) is 16.9 Å². The minimum absolute atomic E-state index is 0.220. The van der Waals surface area contributed by atoms with Gasteiger partial charge in [-0.05, 0) is 54.6 Å². The second-order valence-corrected chi connectivity index (χ2v) is 5.53. The van der Waals surface area contributed by atoms with Crippen molar-refractivity contribution in [1.82, 2.24) is 0 Å². The summed E-state index contributed by atoms with van der Waals surface area (Å²) in [5.41, 5.74) is 2.13. The van der Waals surface area contributed by atoms with Crippen molar-refractivity contribution in [3.05, 3.63) is 72.2 Å². The van der Waals surface area contributed by atoms with Gasteiger partial charge >= 0.3 is 0 Å². The first-order chi connectivity index (χ1) is 12.7. The number of rotatable bonds is 7. The van der Waals surface area contributed by atoms with Gasteiger partial charge in [0.15, 0.2) is 11.5 Å². The Kier molecular flexibility index (Phi) is 5.43. The lowest BCUT2D eigenvalue weighted by Crippen LogP contribution is -2.12. The Morgan fingerprint density at radius 2 is 1.69 bits per heavy atom. The van der Waals surface area contributed by atoms with Crippen LogP contribution in [0.25, 0.3) is 0 Å². The maximum Gasteiger partial charge on any atom is 0.255 e. The summed E-state index contributed by atoms with van der Waals surface area (Å²) in [6.45, 7) is 0.602. The molecule has 0 spiro atoms. The van der Waals surface area contributed by atoms with Crippen LogP contribution in [-0.4, -0.2) is 20.1 Å². The second kappa shape index (κ2) is 8.11. The van der Waals surface area contributed by atoms with E-state index in [2.05, 4.69) is 10.6 Å². The smallest absolute Gasteiger partial charge is 0.255 e. The number of hydrogen-bond donors (Lipinski definition) is 2. The molecule has 0 saturated heterocycles. The first kappa shape index (κ1) is 17.4. The van der Waals surface area contributed by atoms with Gasteiger partial charge in [0.05, 0.1) is 27.0 Å². The zero-order chi connectivity index (χ0) is 18.4. The van der Waals surface area contributed by atoms with Crippen molar-refractivity contribution in [3.63, 3.8) is 0 Å². The van der Waals surface area contributed by atoms with E-state index in [1.54, 1.807) is 31.6 Å². The fourth-order valence-electron chi connectivity index (χ4n) is 2.45. The Bertz CT molecular complexity index is 858. The molecule has 2 N–H and O–H groups in total. The summed E-state index contributed by atoms with van der Waals surface area (Å²) >= 11 is 0. The molecule has 3 rings (SSSR count). The molecule has 1 heterocycles. The minimum Gasteiger partial charge on any atom is -0.493 e. The molecule has 0 bridgehead atoms. The van der Waals surface area contributed by atoms with E-state index in [1.807, 2.05) is 36.4 Å². The number of nitrogens with one attached hydrogen (secondary N) is 2. The Hall–Kier alpha value is -3.41. The summed E-state index contributed by atoms with van der Waals surface area (Å²) in [5.74, 6) is 1.73. The third-order valence-corrected chi connectivity index (χ3v) is 3.84. The zero-order valence-corrected chi connectivity index (χ0v) is 14.6. The van der Waals surface area contributed by atoms with Gasteiger partial charge < -0.3 is 24.5 Å². The zero-order valence-electron chi connectivity index (χ0n) is 14.6. The number of benzene rings is 2. The fourth-order valence-corrected chi connectivity index (χ4v) is 2.45. The highest BCUT2D eigenvalue weighted by Gasteiger charge is 2.11. The Balaban J connectivity index is 1.62. The van der Waals surface area contributed by atoms with Gasteiger partial charge in [-0.3, -0.25) is 4.79 Å². The fraction of sp³-hybridized carbons (Fsp3) is 0.150. The van der Waals surface area contributed by atoms with Crippen LogP contribution < -0.4 is 20.1 Å². The van der Waals surface area contributed by atoms with Crippen molar-refractivity contribution in [2.75, 3.05) is 24.9 Å². The lowest BCUT2D eigenvalue weighted by Gasteiger charge is -2.10. The summed E-state index contributed by atoms with van der Waals surface area (Å²) in [7, 11) is 3.09. The number of carbonyl (C=O) groups excluding carboxylic acids is 1. The van der Waals surface area contributed by atoms with Gasteiger partial charge in [-0.15, -0.1) is 0 Å². The highest BCUT2D eigenvalue weighted by molar-refractivity contribution is 6.04. The summed E-state index contributed by atoms with van der Waals surface area (Å²) in [6.07, 6.45) is 1.64. The first-order valence-electron chi connectivity index (χ1n) is 8.09. The molecule has 2 aromatic carbocycles. The predicted octanol–water partition coefficient (Wildman–Crippen LogP) is 4.16. The lowest BCUT2D eigenvalue weighted by atomic mass is 10.1. The van der Waals surface area contributed by atoms with Gasteiger partial charge in [-0.1, -0.05) is 0 Å². The molecular weight excluding hydrogens is 332 g/mol. The maximum absolute atomic E-state index is 12.4. The van der Waals surface area contributed by atoms with Crippen LogP contribution in [0.5, 0.6) is 11.5 Å². The van der Waals surface area contributed by atoms with Crippen LogP contribution in [0.2, 0.25) is 0 Å². The summed E-state index contributed by atoms with van der Waals surface area (Å²) in [4.78, 5) is 12.4. The van der Waals surface area contributed by atoms with Crippen LogP contribution >= 0.6 is 0 Å². The molecule has 26 heavy (non-hydrogen) atoms. The highest BCUT2D eigenvalue weighted by Crippen LogP contribution is 2.28. The third kappa shape index (κ3) is 4.16. The summed E-state index contributed by atoms with van der Waals surface area (Å²) in [5, 5.41) is 6.11. The van der Waals surface area contributed by atoms with E-state index >= 15 is 0 Å². The minimum atomic E-state index is -0.220. The third-order valence-electron chi connectivity index (χ3n) is 3.84.